The number of carboxylic acid groups (broad SMARTS) is 1. The van der Waals surface area contributed by atoms with Crippen LogP contribution in [0.1, 0.15) is 18.1 Å². The predicted molar refractivity (Wildman–Crippen MR) is 70.5 cm³/mol. The molecular formula is C14H14F3NO3. The Kier molecular flexibility index (Phi) is 4.77. The van der Waals surface area contributed by atoms with E-state index in [4.69, 9.17) is 5.11 Å². The molecule has 0 radical (unpaired) electrons. The van der Waals surface area contributed by atoms with Gasteiger partial charge >= 0.3 is 12.1 Å². The van der Waals surface area contributed by atoms with Gasteiger partial charge in [0.25, 0.3) is 0 Å². The van der Waals surface area contributed by atoms with Crippen LogP contribution in [0.2, 0.25) is 0 Å². The standard InChI is InChI=1S/C14H14F3NO3/c1-9-5-3-4-6-10(9)7-8-11(19)18-13(2,12(20)21)14(15,16)17/h3-8H,1-2H3,(H,18,19)(H,20,21). The number of rotatable bonds is 4. The average molecular weight is 301 g/mol. The third kappa shape index (κ3) is 3.84. The summed E-state index contributed by atoms with van der Waals surface area (Å²) in [6, 6.07) is 6.94. The first-order chi connectivity index (χ1) is 9.58. The first-order valence-corrected chi connectivity index (χ1v) is 5.94. The lowest BCUT2D eigenvalue weighted by Gasteiger charge is -2.27. The Morgan fingerprint density at radius 2 is 1.81 bits per heavy atom. The Balaban J connectivity index is 2.91. The quantitative estimate of drug-likeness (QED) is 0.840. The molecule has 7 heteroatoms. The molecule has 1 amide bonds. The lowest BCUT2D eigenvalue weighted by molar-refractivity contribution is -0.206. The maximum Gasteiger partial charge on any atom is 0.422 e. The predicted octanol–water partition coefficient (Wildman–Crippen LogP) is 2.53. The number of aryl methyl sites for hydroxylation is 1. The molecule has 0 aromatic heterocycles. The van der Waals surface area contributed by atoms with Crippen LogP contribution in [-0.4, -0.2) is 28.7 Å². The van der Waals surface area contributed by atoms with Crippen LogP contribution in [-0.2, 0) is 9.59 Å². The fourth-order valence-corrected chi connectivity index (χ4v) is 1.47. The molecule has 2 N–H and O–H groups in total. The molecule has 21 heavy (non-hydrogen) atoms. The van der Waals surface area contributed by atoms with E-state index in [1.165, 1.54) is 11.4 Å². The van der Waals surface area contributed by atoms with Crippen molar-refractivity contribution in [2.45, 2.75) is 25.6 Å². The highest BCUT2D eigenvalue weighted by Gasteiger charge is 2.58. The highest BCUT2D eigenvalue weighted by Crippen LogP contribution is 2.30. The highest BCUT2D eigenvalue weighted by atomic mass is 19.4. The molecule has 0 saturated carbocycles. The molecule has 4 nitrogen and oxygen atoms in total. The smallest absolute Gasteiger partial charge is 0.422 e. The SMILES string of the molecule is Cc1ccccc1C=CC(=O)NC(C)(C(=O)O)C(F)(F)F. The largest absolute Gasteiger partial charge is 0.479 e. The summed E-state index contributed by atoms with van der Waals surface area (Å²) in [4.78, 5) is 22.3. The molecule has 0 aliphatic heterocycles. The zero-order chi connectivity index (χ0) is 16.3. The average Bonchev–Trinajstić information content (AvgIpc) is 2.36. The third-order valence-corrected chi connectivity index (χ3v) is 2.97. The number of hydrogen-bond donors (Lipinski definition) is 2. The fraction of sp³-hybridized carbons (Fsp3) is 0.286. The first-order valence-electron chi connectivity index (χ1n) is 5.94. The van der Waals surface area contributed by atoms with Crippen LogP contribution in [0.3, 0.4) is 0 Å². The molecule has 0 bridgehead atoms. The van der Waals surface area contributed by atoms with Gasteiger partial charge in [0.05, 0.1) is 0 Å². The summed E-state index contributed by atoms with van der Waals surface area (Å²) in [5.74, 6) is -3.31. The molecule has 1 rings (SSSR count). The van der Waals surface area contributed by atoms with Crippen molar-refractivity contribution in [2.75, 3.05) is 0 Å². The van der Waals surface area contributed by atoms with E-state index in [0.717, 1.165) is 11.6 Å². The molecule has 1 aromatic rings. The van der Waals surface area contributed by atoms with Gasteiger partial charge in [-0.05, 0) is 31.1 Å². The molecule has 0 aliphatic rings. The maximum absolute atomic E-state index is 12.7. The number of halogens is 3. The molecule has 0 heterocycles. The Bertz CT molecular complexity index is 581. The van der Waals surface area contributed by atoms with Gasteiger partial charge in [-0.1, -0.05) is 24.3 Å². The van der Waals surface area contributed by atoms with E-state index < -0.39 is 23.6 Å². The van der Waals surface area contributed by atoms with Crippen molar-refractivity contribution in [1.29, 1.82) is 0 Å². The molecular weight excluding hydrogens is 287 g/mol. The van der Waals surface area contributed by atoms with Crippen LogP contribution in [0, 0.1) is 6.92 Å². The van der Waals surface area contributed by atoms with Crippen LogP contribution < -0.4 is 5.32 Å². The number of carboxylic acids is 1. The highest BCUT2D eigenvalue weighted by molar-refractivity contribution is 5.96. The van der Waals surface area contributed by atoms with Gasteiger partial charge in [-0.25, -0.2) is 4.79 Å². The molecule has 1 aromatic carbocycles. The third-order valence-electron chi connectivity index (χ3n) is 2.97. The van der Waals surface area contributed by atoms with Crippen molar-refractivity contribution in [1.82, 2.24) is 5.32 Å². The number of amides is 1. The van der Waals surface area contributed by atoms with Crippen molar-refractivity contribution < 1.29 is 27.9 Å². The number of carbonyl (C=O) groups excluding carboxylic acids is 1. The summed E-state index contributed by atoms with van der Waals surface area (Å²) in [5.41, 5.74) is -1.85. The Labute approximate surface area is 119 Å². The summed E-state index contributed by atoms with van der Waals surface area (Å²) < 4.78 is 38.2. The summed E-state index contributed by atoms with van der Waals surface area (Å²) >= 11 is 0. The minimum Gasteiger partial charge on any atom is -0.479 e. The van der Waals surface area contributed by atoms with E-state index in [9.17, 15) is 22.8 Å². The number of carbonyl (C=O) groups is 2. The van der Waals surface area contributed by atoms with Crippen LogP contribution in [0.15, 0.2) is 30.3 Å². The second-order valence-electron chi connectivity index (χ2n) is 4.61. The van der Waals surface area contributed by atoms with E-state index in [0.29, 0.717) is 12.5 Å². The van der Waals surface area contributed by atoms with Gasteiger partial charge in [0.1, 0.15) is 0 Å². The van der Waals surface area contributed by atoms with Gasteiger partial charge in [0.15, 0.2) is 0 Å². The summed E-state index contributed by atoms with van der Waals surface area (Å²) in [7, 11) is 0. The van der Waals surface area contributed by atoms with Crippen LogP contribution in [0.25, 0.3) is 6.08 Å². The van der Waals surface area contributed by atoms with Gasteiger partial charge in [0, 0.05) is 6.08 Å². The monoisotopic (exact) mass is 301 g/mol. The van der Waals surface area contributed by atoms with Crippen LogP contribution in [0.5, 0.6) is 0 Å². The van der Waals surface area contributed by atoms with E-state index in [2.05, 4.69) is 0 Å². The topological polar surface area (TPSA) is 66.4 Å². The number of aliphatic carboxylic acids is 1. The van der Waals surface area contributed by atoms with Gasteiger partial charge in [-0.15, -0.1) is 0 Å². The molecule has 0 fully saturated rings. The molecule has 1 atom stereocenters. The zero-order valence-electron chi connectivity index (χ0n) is 11.4. The van der Waals surface area contributed by atoms with Crippen LogP contribution >= 0.6 is 0 Å². The molecule has 0 saturated heterocycles. The van der Waals surface area contributed by atoms with Gasteiger partial charge in [-0.3, -0.25) is 4.79 Å². The lowest BCUT2D eigenvalue weighted by atomic mass is 10.0. The molecule has 0 spiro atoms. The Hall–Kier alpha value is -2.31. The van der Waals surface area contributed by atoms with Crippen molar-refractivity contribution in [3.05, 3.63) is 41.5 Å². The Morgan fingerprint density at radius 1 is 1.24 bits per heavy atom. The van der Waals surface area contributed by atoms with E-state index in [-0.39, 0.29) is 0 Å². The normalized spacial score (nSPS) is 14.7. The van der Waals surface area contributed by atoms with Crippen molar-refractivity contribution in [2.24, 2.45) is 0 Å². The van der Waals surface area contributed by atoms with E-state index in [1.807, 2.05) is 0 Å². The summed E-state index contributed by atoms with van der Waals surface area (Å²) in [5, 5.41) is 10.2. The fourth-order valence-electron chi connectivity index (χ4n) is 1.47. The van der Waals surface area contributed by atoms with Crippen molar-refractivity contribution in [3.8, 4) is 0 Å². The van der Waals surface area contributed by atoms with Crippen LogP contribution in [0.4, 0.5) is 13.2 Å². The molecule has 0 aliphatic carbocycles. The zero-order valence-corrected chi connectivity index (χ0v) is 11.4. The number of alkyl halides is 3. The second-order valence-corrected chi connectivity index (χ2v) is 4.61. The van der Waals surface area contributed by atoms with E-state index in [1.54, 1.807) is 31.2 Å². The minimum absolute atomic E-state index is 0.398. The van der Waals surface area contributed by atoms with Gasteiger partial charge < -0.3 is 10.4 Å². The summed E-state index contributed by atoms with van der Waals surface area (Å²) in [6.07, 6.45) is -2.91. The van der Waals surface area contributed by atoms with Gasteiger partial charge in [0.2, 0.25) is 11.4 Å². The van der Waals surface area contributed by atoms with Crippen molar-refractivity contribution >= 4 is 18.0 Å². The molecule has 1 unspecified atom stereocenters. The van der Waals surface area contributed by atoms with Gasteiger partial charge in [-0.2, -0.15) is 13.2 Å². The number of nitrogens with one attached hydrogen (secondary N) is 1. The first kappa shape index (κ1) is 16.7. The summed E-state index contributed by atoms with van der Waals surface area (Å²) in [6.45, 7) is 2.17. The van der Waals surface area contributed by atoms with E-state index >= 15 is 0 Å². The second kappa shape index (κ2) is 5.99. The minimum atomic E-state index is -5.11. The maximum atomic E-state index is 12.7. The molecule has 114 valence electrons. The lowest BCUT2D eigenvalue weighted by Crippen LogP contribution is -2.61. The Morgan fingerprint density at radius 3 is 2.29 bits per heavy atom. The number of benzene rings is 1. The van der Waals surface area contributed by atoms with Crippen molar-refractivity contribution in [3.63, 3.8) is 0 Å². The number of hydrogen-bond acceptors (Lipinski definition) is 2.